The van der Waals surface area contributed by atoms with Gasteiger partial charge in [0, 0.05) is 32.7 Å². The quantitative estimate of drug-likeness (QED) is 0.641. The number of nitrogens with zero attached hydrogens (tertiary/aromatic N) is 5. The van der Waals surface area contributed by atoms with Crippen molar-refractivity contribution in [2.45, 2.75) is 6.54 Å². The zero-order valence-corrected chi connectivity index (χ0v) is 18.2. The number of carbonyl (C=O) groups is 1. The van der Waals surface area contributed by atoms with Crippen LogP contribution in [0.4, 0.5) is 9.93 Å². The maximum absolute atomic E-state index is 12.6. The molecule has 9 nitrogen and oxygen atoms in total. The molecule has 1 fully saturated rings. The number of carbonyl (C=O) groups excluding carboxylic acids is 1. The molecule has 0 saturated carbocycles. The molecule has 0 atom stereocenters. The van der Waals surface area contributed by atoms with Crippen LogP contribution in [-0.2, 0) is 6.54 Å². The largest absolute Gasteiger partial charge is 0.495 e. The van der Waals surface area contributed by atoms with E-state index in [1.165, 1.54) is 24.8 Å². The van der Waals surface area contributed by atoms with Gasteiger partial charge in [0.1, 0.15) is 12.1 Å². The summed E-state index contributed by atoms with van der Waals surface area (Å²) >= 11 is 7.50. The van der Waals surface area contributed by atoms with Crippen molar-refractivity contribution in [3.05, 3.63) is 35.1 Å². The molecular weight excluding hydrogens is 428 g/mol. The van der Waals surface area contributed by atoms with Crippen LogP contribution < -0.4 is 14.8 Å². The highest BCUT2D eigenvalue weighted by molar-refractivity contribution is 7.22. The summed E-state index contributed by atoms with van der Waals surface area (Å²) in [6.07, 6.45) is 1.42. The number of urea groups is 1. The maximum Gasteiger partial charge on any atom is 0.323 e. The van der Waals surface area contributed by atoms with Gasteiger partial charge in [-0.2, -0.15) is 4.98 Å². The van der Waals surface area contributed by atoms with Gasteiger partial charge in [0.2, 0.25) is 5.88 Å². The Labute approximate surface area is 182 Å². The predicted octanol–water partition coefficient (Wildman–Crippen LogP) is 3.11. The van der Waals surface area contributed by atoms with Crippen LogP contribution in [0.2, 0.25) is 5.02 Å². The molecule has 0 spiro atoms. The molecule has 3 aromatic rings. The molecule has 4 rings (SSSR count). The first-order chi connectivity index (χ1) is 14.6. The van der Waals surface area contributed by atoms with E-state index in [9.17, 15) is 4.79 Å². The molecule has 30 heavy (non-hydrogen) atoms. The van der Waals surface area contributed by atoms with Crippen LogP contribution in [0.25, 0.3) is 10.3 Å². The lowest BCUT2D eigenvalue weighted by Crippen LogP contribution is -2.49. The van der Waals surface area contributed by atoms with E-state index in [2.05, 4.69) is 25.2 Å². The van der Waals surface area contributed by atoms with Gasteiger partial charge >= 0.3 is 6.03 Å². The highest BCUT2D eigenvalue weighted by atomic mass is 35.5. The van der Waals surface area contributed by atoms with Crippen LogP contribution in [0, 0.1) is 0 Å². The summed E-state index contributed by atoms with van der Waals surface area (Å²) in [6, 6.07) is 5.63. The summed E-state index contributed by atoms with van der Waals surface area (Å²) in [5.41, 5.74) is 1.66. The minimum atomic E-state index is -0.173. The van der Waals surface area contributed by atoms with Crippen molar-refractivity contribution in [2.75, 3.05) is 45.7 Å². The van der Waals surface area contributed by atoms with E-state index < -0.39 is 0 Å². The van der Waals surface area contributed by atoms with Crippen LogP contribution in [0.1, 0.15) is 5.56 Å². The first-order valence-corrected chi connectivity index (χ1v) is 10.5. The second kappa shape index (κ2) is 8.99. The third-order valence-electron chi connectivity index (χ3n) is 4.85. The molecule has 3 heterocycles. The van der Waals surface area contributed by atoms with Gasteiger partial charge in [-0.15, -0.1) is 0 Å². The van der Waals surface area contributed by atoms with E-state index in [4.69, 9.17) is 21.1 Å². The standard InChI is InChI=1S/C19H21ClN6O3S/c1-28-14-4-3-12(9-13(14)20)10-25-5-7-26(8-6-25)19(27)24-18-23-15-16(29-2)21-11-22-17(15)30-18/h3-4,9,11H,5-8,10H2,1-2H3,(H,23,24,27). The number of methoxy groups -OCH3 is 2. The third-order valence-corrected chi connectivity index (χ3v) is 6.03. The number of hydrogen-bond donors (Lipinski definition) is 1. The Morgan fingerprint density at radius 2 is 2.00 bits per heavy atom. The first-order valence-electron chi connectivity index (χ1n) is 9.33. The van der Waals surface area contributed by atoms with E-state index in [1.54, 1.807) is 12.0 Å². The number of nitrogens with one attached hydrogen (secondary N) is 1. The number of piperazine rings is 1. The number of amides is 2. The zero-order valence-electron chi connectivity index (χ0n) is 16.6. The number of fused-ring (bicyclic) bond motifs is 1. The summed E-state index contributed by atoms with van der Waals surface area (Å²) < 4.78 is 10.4. The minimum absolute atomic E-state index is 0.173. The van der Waals surface area contributed by atoms with Gasteiger partial charge in [-0.1, -0.05) is 29.0 Å². The van der Waals surface area contributed by atoms with Crippen molar-refractivity contribution < 1.29 is 14.3 Å². The van der Waals surface area contributed by atoms with Gasteiger partial charge in [0.25, 0.3) is 0 Å². The summed E-state index contributed by atoms with van der Waals surface area (Å²) in [7, 11) is 3.13. The van der Waals surface area contributed by atoms with Crippen molar-refractivity contribution in [3.63, 3.8) is 0 Å². The Kier molecular flexibility index (Phi) is 6.16. The van der Waals surface area contributed by atoms with Crippen LogP contribution >= 0.6 is 22.9 Å². The lowest BCUT2D eigenvalue weighted by atomic mass is 10.2. The molecule has 0 radical (unpaired) electrons. The molecule has 2 amide bonds. The summed E-state index contributed by atoms with van der Waals surface area (Å²) in [4.78, 5) is 30.0. The van der Waals surface area contributed by atoms with Crippen LogP contribution in [0.15, 0.2) is 24.5 Å². The van der Waals surface area contributed by atoms with Gasteiger partial charge in [-0.25, -0.2) is 14.8 Å². The summed E-state index contributed by atoms with van der Waals surface area (Å²) in [5, 5.41) is 3.94. The molecule has 11 heteroatoms. The van der Waals surface area contributed by atoms with Crippen LogP contribution in [0.5, 0.6) is 11.6 Å². The monoisotopic (exact) mass is 448 g/mol. The van der Waals surface area contributed by atoms with Crippen molar-refractivity contribution in [3.8, 4) is 11.6 Å². The Hall–Kier alpha value is -2.69. The van der Waals surface area contributed by atoms with Gasteiger partial charge in [-0.05, 0) is 17.7 Å². The van der Waals surface area contributed by atoms with Crippen LogP contribution in [-0.4, -0.2) is 71.2 Å². The SMILES string of the molecule is COc1ccc(CN2CCN(C(=O)Nc3nc4c(OC)ncnc4s3)CC2)cc1Cl. The number of benzene rings is 1. The van der Waals surface area contributed by atoms with Crippen LogP contribution in [0.3, 0.4) is 0 Å². The molecule has 1 aliphatic rings. The third kappa shape index (κ3) is 4.40. The predicted molar refractivity (Wildman–Crippen MR) is 116 cm³/mol. The Bertz CT molecular complexity index is 1050. The fourth-order valence-electron chi connectivity index (χ4n) is 3.28. The van der Waals surface area contributed by atoms with E-state index in [0.717, 1.165) is 25.2 Å². The number of halogens is 1. The fraction of sp³-hybridized carbons (Fsp3) is 0.368. The van der Waals surface area contributed by atoms with Crippen molar-refractivity contribution in [2.24, 2.45) is 0 Å². The summed E-state index contributed by atoms with van der Waals surface area (Å²) in [5.74, 6) is 1.06. The highest BCUT2D eigenvalue weighted by Gasteiger charge is 2.22. The molecule has 1 aliphatic heterocycles. The number of rotatable bonds is 5. The van der Waals surface area contributed by atoms with Gasteiger partial charge in [0.15, 0.2) is 15.5 Å². The number of thiazole rings is 1. The number of aromatic nitrogens is 3. The second-order valence-electron chi connectivity index (χ2n) is 6.72. The van der Waals surface area contributed by atoms with Gasteiger partial charge in [0.05, 0.1) is 19.2 Å². The normalized spacial score (nSPS) is 14.7. The molecule has 0 bridgehead atoms. The molecule has 1 aromatic carbocycles. The van der Waals surface area contributed by atoms with Crippen molar-refractivity contribution in [1.82, 2.24) is 24.8 Å². The number of hydrogen-bond acceptors (Lipinski definition) is 8. The van der Waals surface area contributed by atoms with E-state index in [-0.39, 0.29) is 6.03 Å². The Balaban J connectivity index is 1.33. The Morgan fingerprint density at radius 3 is 2.70 bits per heavy atom. The average molecular weight is 449 g/mol. The molecule has 158 valence electrons. The molecule has 1 N–H and O–H groups in total. The molecule has 1 saturated heterocycles. The molecule has 0 aliphatic carbocycles. The summed E-state index contributed by atoms with van der Waals surface area (Å²) in [6.45, 7) is 3.58. The van der Waals surface area contributed by atoms with E-state index >= 15 is 0 Å². The van der Waals surface area contributed by atoms with Crippen molar-refractivity contribution in [1.29, 1.82) is 0 Å². The highest BCUT2D eigenvalue weighted by Crippen LogP contribution is 2.29. The molecule has 0 unspecified atom stereocenters. The number of anilines is 1. The van der Waals surface area contributed by atoms with Gasteiger partial charge in [-0.3, -0.25) is 10.2 Å². The Morgan fingerprint density at radius 1 is 1.20 bits per heavy atom. The van der Waals surface area contributed by atoms with Gasteiger partial charge < -0.3 is 14.4 Å². The molecular formula is C19H21ClN6O3S. The smallest absolute Gasteiger partial charge is 0.323 e. The lowest BCUT2D eigenvalue weighted by molar-refractivity contribution is 0.143. The minimum Gasteiger partial charge on any atom is -0.495 e. The first kappa shape index (κ1) is 20.6. The maximum atomic E-state index is 12.6. The van der Waals surface area contributed by atoms with E-state index in [1.807, 2.05) is 18.2 Å². The zero-order chi connectivity index (χ0) is 21.1. The topological polar surface area (TPSA) is 92.7 Å². The fourth-order valence-corrected chi connectivity index (χ4v) is 4.35. The lowest BCUT2D eigenvalue weighted by Gasteiger charge is -2.34. The molecule has 2 aromatic heterocycles. The van der Waals surface area contributed by atoms with E-state index in [0.29, 0.717) is 45.2 Å². The number of ether oxygens (including phenoxy) is 2. The second-order valence-corrected chi connectivity index (χ2v) is 8.10. The average Bonchev–Trinajstić information content (AvgIpc) is 3.17. The van der Waals surface area contributed by atoms with Crippen molar-refractivity contribution >= 4 is 44.4 Å².